The van der Waals surface area contributed by atoms with Crippen LogP contribution in [0.1, 0.15) is 91.9 Å². The fourth-order valence-electron chi connectivity index (χ4n) is 15.3. The van der Waals surface area contributed by atoms with Crippen molar-refractivity contribution in [2.75, 3.05) is 105 Å². The van der Waals surface area contributed by atoms with Gasteiger partial charge in [-0.05, 0) is 53.4 Å². The zero-order valence-electron chi connectivity index (χ0n) is 76.1. The van der Waals surface area contributed by atoms with Gasteiger partial charge in [-0.3, -0.25) is 38.4 Å². The van der Waals surface area contributed by atoms with Crippen LogP contribution in [0.25, 0.3) is 0 Å². The van der Waals surface area contributed by atoms with Crippen molar-refractivity contribution in [1.29, 1.82) is 0 Å². The summed E-state index contributed by atoms with van der Waals surface area (Å²) < 4.78 is 88.3. The summed E-state index contributed by atoms with van der Waals surface area (Å²) in [6, 6.07) is -2.95. The van der Waals surface area contributed by atoms with Gasteiger partial charge in [-0.25, -0.2) is 0 Å². The van der Waals surface area contributed by atoms with Crippen molar-refractivity contribution in [2.24, 2.45) is 0 Å². The van der Waals surface area contributed by atoms with Crippen LogP contribution >= 0.6 is 0 Å². The smallest absolute Gasteiger partial charge is 0.243 e. The molecule has 2 unspecified atom stereocenters. The number of aliphatic hydroxyl groups is 26. The molecule has 0 aliphatic carbocycles. The van der Waals surface area contributed by atoms with Gasteiger partial charge in [-0.15, -0.1) is 0 Å². The maximum Gasteiger partial charge on any atom is 0.243 e. The first kappa shape index (κ1) is 119. The topological polar surface area (TPSA) is 906 Å². The molecule has 0 aromatic carbocycles. The minimum absolute atomic E-state index is 0.110. The first-order chi connectivity index (χ1) is 65.5. The summed E-state index contributed by atoms with van der Waals surface area (Å²) in [5.41, 5.74) is 0. The van der Waals surface area contributed by atoms with Gasteiger partial charge in [0.25, 0.3) is 0 Å². The Balaban J connectivity index is 0.000000376. The molecule has 0 bridgehead atoms. The van der Waals surface area contributed by atoms with Crippen molar-refractivity contribution in [3.63, 3.8) is 0 Å². The third kappa shape index (κ3) is 34.1. The van der Waals surface area contributed by atoms with E-state index in [0.717, 1.165) is 0 Å². The van der Waals surface area contributed by atoms with Gasteiger partial charge in [-0.1, -0.05) is 0 Å². The summed E-state index contributed by atoms with van der Waals surface area (Å²) in [4.78, 5) is 102. The molecule has 58 nitrogen and oxygen atoms in total. The van der Waals surface area contributed by atoms with Gasteiger partial charge in [-0.2, -0.15) is 0 Å². The molecule has 0 radical (unpaired) electrons. The Kier molecular flexibility index (Phi) is 50.8. The Labute approximate surface area is 789 Å². The predicted octanol–water partition coefficient (Wildman–Crippen LogP) is -19.8. The van der Waals surface area contributed by atoms with Gasteiger partial charge in [0.05, 0.1) is 91.1 Å². The molecule has 8 aliphatic heterocycles. The van der Waals surface area contributed by atoms with Gasteiger partial charge in [0.1, 0.15) is 195 Å². The average Bonchev–Trinajstić information content (AvgIpc) is 0.784. The molecule has 58 heteroatoms. The second-order valence-electron chi connectivity index (χ2n) is 33.8. The van der Waals surface area contributed by atoms with Crippen LogP contribution in [0.5, 0.6) is 0 Å². The number of aliphatic hydroxyl groups excluding tert-OH is 26. The number of unbranched alkanes of at least 4 members (excludes halogenated alkanes) is 2. The molecule has 0 aromatic rings. The molecule has 8 fully saturated rings. The molecule has 34 N–H and O–H groups in total. The monoisotopic (exact) mass is 2010 g/mol. The lowest BCUT2D eigenvalue weighted by Crippen LogP contribution is -2.65. The lowest BCUT2D eigenvalue weighted by Gasteiger charge is -2.46. The molecule has 8 amide bonds. The van der Waals surface area contributed by atoms with E-state index in [2.05, 4.69) is 42.5 Å². The van der Waals surface area contributed by atoms with E-state index >= 15 is 0 Å². The van der Waals surface area contributed by atoms with Gasteiger partial charge >= 0.3 is 0 Å². The first-order valence-corrected chi connectivity index (χ1v) is 45.3. The number of rotatable bonds is 50. The quantitative estimate of drug-likeness (QED) is 0.0252. The van der Waals surface area contributed by atoms with Crippen LogP contribution in [-0.4, -0.2) is 543 Å². The molecule has 8 aliphatic rings. The first-order valence-electron chi connectivity index (χ1n) is 45.3. The minimum atomic E-state index is -1.99. The number of carbonyl (C=O) groups excluding carboxylic acids is 8. The lowest BCUT2D eigenvalue weighted by molar-refractivity contribution is -0.366. The van der Waals surface area contributed by atoms with Crippen molar-refractivity contribution >= 4 is 47.3 Å². The average molecular weight is 2010 g/mol. The Morgan fingerprint density at radius 1 is 0.261 bits per heavy atom. The van der Waals surface area contributed by atoms with Crippen LogP contribution in [-0.2, 0) is 114 Å². The largest absolute Gasteiger partial charge is 0.394 e. The molecule has 0 saturated carbocycles. The minimum Gasteiger partial charge on any atom is -0.394 e. The van der Waals surface area contributed by atoms with Crippen LogP contribution in [0.2, 0.25) is 0 Å². The summed E-state index contributed by atoms with van der Waals surface area (Å²) in [6.07, 6.45) is -66.5. The zero-order valence-corrected chi connectivity index (χ0v) is 76.1. The van der Waals surface area contributed by atoms with E-state index in [9.17, 15) is 171 Å². The Morgan fingerprint density at radius 3 is 0.797 bits per heavy atom. The van der Waals surface area contributed by atoms with Crippen LogP contribution in [0, 0.1) is 0 Å². The van der Waals surface area contributed by atoms with Crippen molar-refractivity contribution in [3.8, 4) is 0 Å². The van der Waals surface area contributed by atoms with Crippen LogP contribution in [0.15, 0.2) is 0 Å². The number of hydrogen-bond donors (Lipinski definition) is 34. The van der Waals surface area contributed by atoms with Gasteiger partial charge in [0.15, 0.2) is 50.3 Å². The van der Waals surface area contributed by atoms with E-state index in [1.165, 1.54) is 13.8 Å². The van der Waals surface area contributed by atoms with Crippen molar-refractivity contribution in [2.45, 2.75) is 350 Å². The van der Waals surface area contributed by atoms with Gasteiger partial charge in [0.2, 0.25) is 47.3 Å². The summed E-state index contributed by atoms with van der Waals surface area (Å²) in [7, 11) is 0. The van der Waals surface area contributed by atoms with E-state index in [4.69, 9.17) is 75.8 Å². The molecule has 138 heavy (non-hydrogen) atoms. The highest BCUT2D eigenvalue weighted by Crippen LogP contribution is 2.35. The summed E-state index contributed by atoms with van der Waals surface area (Å²) >= 11 is 0. The molecule has 0 aromatic heterocycles. The molecule has 8 heterocycles. The maximum atomic E-state index is 13.5. The van der Waals surface area contributed by atoms with Crippen molar-refractivity contribution in [3.05, 3.63) is 0 Å². The Morgan fingerprint density at radius 2 is 0.507 bits per heavy atom. The molecule has 8 rings (SSSR count). The fourth-order valence-corrected chi connectivity index (χ4v) is 15.3. The number of hydrogen-bond acceptors (Lipinski definition) is 50. The van der Waals surface area contributed by atoms with Crippen LogP contribution in [0.4, 0.5) is 0 Å². The van der Waals surface area contributed by atoms with E-state index < -0.39 is 359 Å². The predicted molar refractivity (Wildman–Crippen MR) is 446 cm³/mol. The molecule has 8 saturated heterocycles. The van der Waals surface area contributed by atoms with Crippen molar-refractivity contribution < 1.29 is 247 Å². The van der Waals surface area contributed by atoms with Gasteiger partial charge in [0, 0.05) is 65.0 Å². The third-order valence-electron chi connectivity index (χ3n) is 23.5. The highest BCUT2D eigenvalue weighted by Gasteiger charge is 2.56. The number of amides is 8. The van der Waals surface area contributed by atoms with E-state index in [0.29, 0.717) is 25.9 Å². The van der Waals surface area contributed by atoms with Gasteiger partial charge < -0.3 is 251 Å². The van der Waals surface area contributed by atoms with Crippen LogP contribution < -0.4 is 42.5 Å². The second-order valence-corrected chi connectivity index (χ2v) is 33.8. The number of carbonyl (C=O) groups is 8. The lowest BCUT2D eigenvalue weighted by atomic mass is 9.96. The maximum absolute atomic E-state index is 13.5. The summed E-state index contributed by atoms with van der Waals surface area (Å²) in [6.45, 7) is -0.0216. The Hall–Kier alpha value is -5.92. The number of ether oxygens (including phenoxy) is 16. The molecule has 0 spiro atoms. The fraction of sp³-hybridized carbons (Fsp3) is 0.900. The van der Waals surface area contributed by atoms with E-state index in [1.807, 2.05) is 0 Å². The third-order valence-corrected chi connectivity index (χ3v) is 23.5. The van der Waals surface area contributed by atoms with E-state index in [-0.39, 0.29) is 89.7 Å². The molecule has 42 atom stereocenters. The highest BCUT2D eigenvalue weighted by molar-refractivity contribution is 5.93. The van der Waals surface area contributed by atoms with E-state index in [1.54, 1.807) is 13.8 Å². The highest BCUT2D eigenvalue weighted by atomic mass is 16.8. The van der Waals surface area contributed by atoms with Crippen molar-refractivity contribution in [1.82, 2.24) is 42.5 Å². The second kappa shape index (κ2) is 58.9. The standard InChI is InChI=1S/2C40H70N4O25/c2*1-3-41-21(47)6-4-5-7-22(48)44-17(12-23(49)42-8-10-62-37-31(57)28(54)24(50)16(2)65-37)36(61)43-9-11-63-39-34(60)35(69-40-33(59)30(56)26(52)19(14-46)67-40)27(53)20(68-39)15-64-38-32(58)29(55)25(51)18(13-45)66-38/h2*16-20,24-35,37-40,45-46,50-60H,3-15H2,1-2H3,(H,41,47)(H,42,49)(H,43,61)(H,44,48)/t16-,17?,18+,19+,20+,24+,25+,26+,27+,28+,29+,30-,31-,32-,33-,34-,35-,37+,38-,39-,40+;16-,17?,18+,19+,20+,24+,25+,26+,27+,28+,29-,30-,31-,32-,33-,34-,35-,37+,38-,39-,40+/m00/s1. The molecular weight excluding hydrogens is 1870 g/mol. The molecule has 800 valence electrons. The normalized spacial score (nSPS) is 38.7. The molecular formula is C80H140N8O50. The Bertz CT molecular complexity index is 3400. The SMILES string of the molecule is CCNC(=O)CCCCC(=O)NC(CC(=O)NCCO[C@@H]1O[C@@H](C)[C@@H](O)[C@@H](O)[C@@H]1O)C(=O)NCCO[C@H]1O[C@H](CO[C@H]2O[C@H](CO)[C@@H](O)[C@@H](O)[C@@H]2O)[C@@H](O)[C@H](O[C@H]2O[C@H](CO)[C@@H](O)[C@H](O)[C@@H]2O)[C@@H]1O.CCNC(=O)CCCCC(=O)NC(CC(=O)NCCO[C@@H]1O[C@@H](C)[C@@H](O)[C@@H](O)[C@@H]1O)C(=O)NCCO[C@H]1O[C@H](CO[C@H]2O[C@H](CO)[C@@H](O)[C@H](O)[C@@H]2O)[C@@H](O)[C@H](O[C@H]2O[C@H](CO)[C@@H](O)[C@H](O)[C@@H]2O)[C@@H]1O. The van der Waals surface area contributed by atoms with Crippen LogP contribution in [0.3, 0.4) is 0 Å². The number of nitrogens with one attached hydrogen (secondary N) is 8. The zero-order chi connectivity index (χ0) is 102. The summed E-state index contributed by atoms with van der Waals surface area (Å²) in [5, 5.41) is 288. The summed E-state index contributed by atoms with van der Waals surface area (Å²) in [5.74, 6) is -4.90.